The Hall–Kier alpha value is -1.69. The summed E-state index contributed by atoms with van der Waals surface area (Å²) in [6.45, 7) is 1.64. The minimum absolute atomic E-state index is 0.143. The van der Waals surface area contributed by atoms with E-state index in [0.29, 0.717) is 5.88 Å². The van der Waals surface area contributed by atoms with Gasteiger partial charge in [-0.05, 0) is 6.07 Å². The molecule has 2 rings (SSSR count). The van der Waals surface area contributed by atoms with E-state index in [1.165, 1.54) is 6.07 Å². The molecule has 0 saturated carbocycles. The van der Waals surface area contributed by atoms with Gasteiger partial charge in [0.1, 0.15) is 6.10 Å². The Morgan fingerprint density at radius 2 is 2.29 bits per heavy atom. The second-order valence-corrected chi connectivity index (χ2v) is 3.02. The molecule has 0 unspecified atom stereocenters. The molecule has 1 fully saturated rings. The number of amides is 1. The minimum Gasteiger partial charge on any atom is -0.471 e. The van der Waals surface area contributed by atoms with Crippen molar-refractivity contribution in [3.05, 3.63) is 17.8 Å². The summed E-state index contributed by atoms with van der Waals surface area (Å²) in [6, 6.07) is 3.09. The van der Waals surface area contributed by atoms with Crippen molar-refractivity contribution >= 4 is 5.91 Å². The van der Waals surface area contributed by atoms with Crippen molar-refractivity contribution < 1.29 is 9.53 Å². The zero-order valence-electron chi connectivity index (χ0n) is 7.43. The second kappa shape index (κ2) is 3.59. The van der Waals surface area contributed by atoms with Crippen molar-refractivity contribution in [1.29, 1.82) is 0 Å². The number of aromatic nitrogens is 2. The molecule has 0 aliphatic carbocycles. The molecule has 0 spiro atoms. The number of rotatable bonds is 3. The number of ether oxygens (including phenoxy) is 1. The molecule has 1 aliphatic rings. The van der Waals surface area contributed by atoms with Gasteiger partial charge in [-0.15, -0.1) is 10.2 Å². The molecule has 3 N–H and O–H groups in total. The van der Waals surface area contributed by atoms with Crippen molar-refractivity contribution in [1.82, 2.24) is 15.5 Å². The van der Waals surface area contributed by atoms with E-state index >= 15 is 0 Å². The predicted molar refractivity (Wildman–Crippen MR) is 47.8 cm³/mol. The van der Waals surface area contributed by atoms with E-state index in [1.54, 1.807) is 6.07 Å². The summed E-state index contributed by atoms with van der Waals surface area (Å²) in [7, 11) is 0. The number of carbonyl (C=O) groups excluding carboxylic acids is 1. The van der Waals surface area contributed by atoms with Crippen molar-refractivity contribution in [2.75, 3.05) is 13.1 Å². The molecular weight excluding hydrogens is 184 g/mol. The highest BCUT2D eigenvalue weighted by Gasteiger charge is 2.18. The summed E-state index contributed by atoms with van der Waals surface area (Å²) < 4.78 is 5.40. The average molecular weight is 194 g/mol. The van der Waals surface area contributed by atoms with Gasteiger partial charge < -0.3 is 15.8 Å². The van der Waals surface area contributed by atoms with Crippen LogP contribution in [0, 0.1) is 0 Å². The molecule has 2 heterocycles. The van der Waals surface area contributed by atoms with E-state index in [1.807, 2.05) is 0 Å². The van der Waals surface area contributed by atoms with Gasteiger partial charge in [0, 0.05) is 19.2 Å². The Bertz CT molecular complexity index is 334. The molecular formula is C8H10N4O2. The molecule has 14 heavy (non-hydrogen) atoms. The van der Waals surface area contributed by atoms with Gasteiger partial charge in [0.2, 0.25) is 5.88 Å². The van der Waals surface area contributed by atoms with Crippen LogP contribution in [-0.4, -0.2) is 35.3 Å². The van der Waals surface area contributed by atoms with E-state index < -0.39 is 5.91 Å². The fourth-order valence-electron chi connectivity index (χ4n) is 1.03. The first-order chi connectivity index (χ1) is 6.75. The molecule has 1 aromatic heterocycles. The van der Waals surface area contributed by atoms with Crippen LogP contribution >= 0.6 is 0 Å². The lowest BCUT2D eigenvalue weighted by atomic mass is 10.2. The lowest BCUT2D eigenvalue weighted by molar-refractivity contribution is 0.0993. The van der Waals surface area contributed by atoms with Gasteiger partial charge in [0.15, 0.2) is 5.69 Å². The number of hydrogen-bond donors (Lipinski definition) is 2. The van der Waals surface area contributed by atoms with Gasteiger partial charge in [-0.1, -0.05) is 0 Å². The number of nitrogens with two attached hydrogens (primary N) is 1. The Kier molecular flexibility index (Phi) is 2.28. The van der Waals surface area contributed by atoms with E-state index in [4.69, 9.17) is 10.5 Å². The van der Waals surface area contributed by atoms with E-state index in [2.05, 4.69) is 15.5 Å². The molecule has 1 aliphatic heterocycles. The molecule has 0 atom stereocenters. The molecule has 1 saturated heterocycles. The van der Waals surface area contributed by atoms with Gasteiger partial charge in [-0.3, -0.25) is 4.79 Å². The Morgan fingerprint density at radius 3 is 2.71 bits per heavy atom. The zero-order chi connectivity index (χ0) is 9.97. The summed E-state index contributed by atoms with van der Waals surface area (Å²) in [4.78, 5) is 10.7. The fourth-order valence-corrected chi connectivity index (χ4v) is 1.03. The molecule has 1 amide bonds. The van der Waals surface area contributed by atoms with Crippen molar-refractivity contribution in [3.8, 4) is 5.88 Å². The number of nitrogens with zero attached hydrogens (tertiary/aromatic N) is 2. The first kappa shape index (κ1) is 8.89. The quantitative estimate of drug-likeness (QED) is 0.639. The van der Waals surface area contributed by atoms with Crippen molar-refractivity contribution in [3.63, 3.8) is 0 Å². The Labute approximate surface area is 80.5 Å². The first-order valence-corrected chi connectivity index (χ1v) is 4.26. The van der Waals surface area contributed by atoms with E-state index in [9.17, 15) is 4.79 Å². The summed E-state index contributed by atoms with van der Waals surface area (Å²) in [5.41, 5.74) is 5.15. The van der Waals surface area contributed by atoms with Gasteiger partial charge in [-0.25, -0.2) is 0 Å². The molecule has 0 radical (unpaired) electrons. The third-order valence-corrected chi connectivity index (χ3v) is 1.92. The van der Waals surface area contributed by atoms with E-state index in [-0.39, 0.29) is 11.8 Å². The van der Waals surface area contributed by atoms with E-state index in [0.717, 1.165) is 13.1 Å². The van der Waals surface area contributed by atoms with Crippen LogP contribution in [0.1, 0.15) is 10.5 Å². The summed E-state index contributed by atoms with van der Waals surface area (Å²) in [5.74, 6) is -0.170. The molecule has 0 aromatic carbocycles. The largest absolute Gasteiger partial charge is 0.471 e. The normalized spacial score (nSPS) is 16.0. The lowest BCUT2D eigenvalue weighted by Crippen LogP contribution is -2.50. The SMILES string of the molecule is NC(=O)c1ccc(OC2CNC2)nn1. The topological polar surface area (TPSA) is 90.1 Å². The maximum atomic E-state index is 10.7. The highest BCUT2D eigenvalue weighted by molar-refractivity contribution is 5.90. The van der Waals surface area contributed by atoms with Crippen LogP contribution in [0.25, 0.3) is 0 Å². The maximum absolute atomic E-state index is 10.7. The minimum atomic E-state index is -0.589. The highest BCUT2D eigenvalue weighted by Crippen LogP contribution is 2.09. The van der Waals surface area contributed by atoms with Gasteiger partial charge in [0.25, 0.3) is 5.91 Å². The first-order valence-electron chi connectivity index (χ1n) is 4.26. The zero-order valence-corrected chi connectivity index (χ0v) is 7.43. The number of carbonyl (C=O) groups is 1. The van der Waals surface area contributed by atoms with Crippen LogP contribution in [-0.2, 0) is 0 Å². The monoisotopic (exact) mass is 194 g/mol. The van der Waals surface area contributed by atoms with Crippen molar-refractivity contribution in [2.24, 2.45) is 5.73 Å². The Morgan fingerprint density at radius 1 is 1.50 bits per heavy atom. The lowest BCUT2D eigenvalue weighted by Gasteiger charge is -2.26. The number of hydrogen-bond acceptors (Lipinski definition) is 5. The fraction of sp³-hybridized carbons (Fsp3) is 0.375. The standard InChI is InChI=1S/C8H10N4O2/c9-8(13)6-1-2-7(12-11-6)14-5-3-10-4-5/h1-2,5,10H,3-4H2,(H2,9,13). The van der Waals surface area contributed by atoms with Crippen molar-refractivity contribution in [2.45, 2.75) is 6.10 Å². The molecule has 6 heteroatoms. The highest BCUT2D eigenvalue weighted by atomic mass is 16.5. The summed E-state index contributed by atoms with van der Waals surface area (Å²) in [6.07, 6.45) is 0.156. The number of primary amides is 1. The molecule has 6 nitrogen and oxygen atoms in total. The van der Waals surface area contributed by atoms with Crippen LogP contribution < -0.4 is 15.8 Å². The third kappa shape index (κ3) is 1.80. The molecule has 74 valence electrons. The van der Waals surface area contributed by atoms with Crippen LogP contribution in [0.15, 0.2) is 12.1 Å². The maximum Gasteiger partial charge on any atom is 0.269 e. The Balaban J connectivity index is 2.01. The third-order valence-electron chi connectivity index (χ3n) is 1.92. The predicted octanol–water partition coefficient (Wildman–Crippen LogP) is -1.07. The molecule has 0 bridgehead atoms. The summed E-state index contributed by atoms with van der Waals surface area (Å²) >= 11 is 0. The molecule has 1 aromatic rings. The van der Waals surface area contributed by atoms with Gasteiger partial charge in [-0.2, -0.15) is 0 Å². The smallest absolute Gasteiger partial charge is 0.269 e. The second-order valence-electron chi connectivity index (χ2n) is 3.02. The van der Waals surface area contributed by atoms with Gasteiger partial charge >= 0.3 is 0 Å². The van der Waals surface area contributed by atoms with Crippen LogP contribution in [0.4, 0.5) is 0 Å². The van der Waals surface area contributed by atoms with Gasteiger partial charge in [0.05, 0.1) is 0 Å². The van der Waals surface area contributed by atoms with Crippen LogP contribution in [0.2, 0.25) is 0 Å². The van der Waals surface area contributed by atoms with Crippen LogP contribution in [0.5, 0.6) is 5.88 Å². The van der Waals surface area contributed by atoms with Crippen LogP contribution in [0.3, 0.4) is 0 Å². The summed E-state index contributed by atoms with van der Waals surface area (Å²) in [5, 5.41) is 10.4. The number of nitrogens with one attached hydrogen (secondary N) is 1. The average Bonchev–Trinajstić information content (AvgIpc) is 2.12.